The Morgan fingerprint density at radius 3 is 2.95 bits per heavy atom. The van der Waals surface area contributed by atoms with Crippen LogP contribution in [0.3, 0.4) is 0 Å². The predicted molar refractivity (Wildman–Crippen MR) is 76.8 cm³/mol. The zero-order chi connectivity index (χ0) is 14.3. The fraction of sp³-hybridized carbons (Fsp3) is 0.625. The molecule has 0 amide bonds. The summed E-state index contributed by atoms with van der Waals surface area (Å²) in [6, 6.07) is 3.09. The predicted octanol–water partition coefficient (Wildman–Crippen LogP) is 2.51. The highest BCUT2D eigenvalue weighted by molar-refractivity contribution is 5.91. The third-order valence-corrected chi connectivity index (χ3v) is 4.67. The summed E-state index contributed by atoms with van der Waals surface area (Å²) >= 11 is 0. The van der Waals surface area contributed by atoms with Crippen LogP contribution in [0.4, 0.5) is 0 Å². The maximum absolute atomic E-state index is 12.1. The third kappa shape index (κ3) is 2.03. The minimum Gasteiger partial charge on any atom is -0.462 e. The Hall–Kier alpha value is -1.42. The normalized spacial score (nSPS) is 24.6. The van der Waals surface area contributed by atoms with Crippen molar-refractivity contribution in [1.82, 2.24) is 9.88 Å². The number of hydrogen-bond acceptors (Lipinski definition) is 4. The number of fused-ring (bicyclic) bond motifs is 4. The van der Waals surface area contributed by atoms with Crippen LogP contribution in [0.1, 0.15) is 60.0 Å². The fourth-order valence-electron chi connectivity index (χ4n) is 3.57. The number of ether oxygens (including phenoxy) is 1. The molecule has 0 saturated carbocycles. The standard InChI is InChI=1S/C16H22N2O2/c1-4-13-12(16(19)20-5-2)9-11-14(17-13)8-10-6-7-15(11)18(10)3/h9-10,15H,4-8H2,1-3H3. The second-order valence-corrected chi connectivity index (χ2v) is 5.71. The number of likely N-dealkylation sites (N-methyl/N-ethyl adjacent to an activating group) is 1. The lowest BCUT2D eigenvalue weighted by atomic mass is 9.95. The molecule has 1 aromatic rings. The molecule has 2 unspecified atom stereocenters. The van der Waals surface area contributed by atoms with Crippen molar-refractivity contribution in [3.63, 3.8) is 0 Å². The van der Waals surface area contributed by atoms with Gasteiger partial charge in [0.05, 0.1) is 17.9 Å². The quantitative estimate of drug-likeness (QED) is 0.794. The molecule has 1 aromatic heterocycles. The van der Waals surface area contributed by atoms with Crippen molar-refractivity contribution in [2.24, 2.45) is 0 Å². The molecule has 3 rings (SSSR count). The van der Waals surface area contributed by atoms with E-state index in [0.29, 0.717) is 24.3 Å². The number of hydrogen-bond donors (Lipinski definition) is 0. The van der Waals surface area contributed by atoms with Crippen molar-refractivity contribution in [1.29, 1.82) is 0 Å². The first-order chi connectivity index (χ1) is 9.65. The second-order valence-electron chi connectivity index (χ2n) is 5.71. The number of nitrogens with zero attached hydrogens (tertiary/aromatic N) is 2. The van der Waals surface area contributed by atoms with Gasteiger partial charge in [0.2, 0.25) is 0 Å². The van der Waals surface area contributed by atoms with E-state index in [2.05, 4.69) is 11.9 Å². The van der Waals surface area contributed by atoms with Gasteiger partial charge < -0.3 is 4.74 Å². The van der Waals surface area contributed by atoms with Crippen molar-refractivity contribution in [2.75, 3.05) is 13.7 Å². The molecule has 20 heavy (non-hydrogen) atoms. The molecule has 0 N–H and O–H groups in total. The highest BCUT2D eigenvalue weighted by atomic mass is 16.5. The van der Waals surface area contributed by atoms with Gasteiger partial charge in [-0.15, -0.1) is 0 Å². The monoisotopic (exact) mass is 274 g/mol. The zero-order valence-corrected chi connectivity index (χ0v) is 12.5. The van der Waals surface area contributed by atoms with E-state index in [1.165, 1.54) is 24.1 Å². The van der Waals surface area contributed by atoms with Crippen LogP contribution in [0.5, 0.6) is 0 Å². The molecule has 4 heteroatoms. The van der Waals surface area contributed by atoms with E-state index in [1.54, 1.807) is 0 Å². The minimum atomic E-state index is -0.234. The third-order valence-electron chi connectivity index (χ3n) is 4.67. The van der Waals surface area contributed by atoms with Crippen LogP contribution in [0.2, 0.25) is 0 Å². The second kappa shape index (κ2) is 5.17. The van der Waals surface area contributed by atoms with Crippen molar-refractivity contribution >= 4 is 5.97 Å². The van der Waals surface area contributed by atoms with E-state index in [9.17, 15) is 4.79 Å². The van der Waals surface area contributed by atoms with Gasteiger partial charge in [0.1, 0.15) is 0 Å². The first kappa shape index (κ1) is 13.6. The summed E-state index contributed by atoms with van der Waals surface area (Å²) in [6.45, 7) is 4.29. The number of pyridine rings is 1. The Bertz CT molecular complexity index is 542. The van der Waals surface area contributed by atoms with E-state index in [0.717, 1.165) is 18.5 Å². The summed E-state index contributed by atoms with van der Waals surface area (Å²) < 4.78 is 5.18. The first-order valence-corrected chi connectivity index (χ1v) is 7.57. The summed E-state index contributed by atoms with van der Waals surface area (Å²) in [4.78, 5) is 19.3. The Balaban J connectivity index is 2.05. The Morgan fingerprint density at radius 1 is 1.45 bits per heavy atom. The van der Waals surface area contributed by atoms with Crippen molar-refractivity contribution in [2.45, 2.75) is 51.6 Å². The fourth-order valence-corrected chi connectivity index (χ4v) is 3.57. The number of carbonyl (C=O) groups is 1. The summed E-state index contributed by atoms with van der Waals surface area (Å²) in [5.74, 6) is -0.234. The molecule has 1 fully saturated rings. The topological polar surface area (TPSA) is 42.4 Å². The molecule has 2 atom stereocenters. The zero-order valence-electron chi connectivity index (χ0n) is 12.5. The molecule has 0 radical (unpaired) electrons. The van der Waals surface area contributed by atoms with Crippen molar-refractivity contribution in [3.05, 3.63) is 28.6 Å². The minimum absolute atomic E-state index is 0.234. The average Bonchev–Trinajstić information content (AvgIpc) is 2.70. The highest BCUT2D eigenvalue weighted by Gasteiger charge is 2.39. The maximum Gasteiger partial charge on any atom is 0.339 e. The molecule has 2 bridgehead atoms. The Morgan fingerprint density at radius 2 is 2.25 bits per heavy atom. The van der Waals surface area contributed by atoms with Gasteiger partial charge in [0.15, 0.2) is 0 Å². The lowest BCUT2D eigenvalue weighted by molar-refractivity contribution is 0.0524. The lowest BCUT2D eigenvalue weighted by Gasteiger charge is -2.33. The first-order valence-electron chi connectivity index (χ1n) is 7.57. The van der Waals surface area contributed by atoms with E-state index >= 15 is 0 Å². The molecule has 2 aliphatic heterocycles. The molecule has 4 nitrogen and oxygen atoms in total. The average molecular weight is 274 g/mol. The molecular formula is C16H22N2O2. The van der Waals surface area contributed by atoms with Gasteiger partial charge in [-0.25, -0.2) is 4.79 Å². The van der Waals surface area contributed by atoms with Crippen LogP contribution in [0.15, 0.2) is 6.07 Å². The van der Waals surface area contributed by atoms with Crippen LogP contribution in [-0.2, 0) is 17.6 Å². The lowest BCUT2D eigenvalue weighted by Crippen LogP contribution is -2.35. The van der Waals surface area contributed by atoms with Gasteiger partial charge in [-0.3, -0.25) is 9.88 Å². The number of esters is 1. The van der Waals surface area contributed by atoms with Gasteiger partial charge in [-0.05, 0) is 44.9 Å². The van der Waals surface area contributed by atoms with Gasteiger partial charge in [0.25, 0.3) is 0 Å². The van der Waals surface area contributed by atoms with E-state index in [1.807, 2.05) is 19.9 Å². The molecule has 0 aliphatic carbocycles. The summed E-state index contributed by atoms with van der Waals surface area (Å²) in [5, 5.41) is 0. The van der Waals surface area contributed by atoms with Crippen LogP contribution in [0, 0.1) is 0 Å². The Labute approximate surface area is 120 Å². The SMILES string of the molecule is CCOC(=O)c1cc2c(nc1CC)CC1CCC2N1C. The van der Waals surface area contributed by atoms with Gasteiger partial charge in [0, 0.05) is 24.2 Å². The summed E-state index contributed by atoms with van der Waals surface area (Å²) in [7, 11) is 2.18. The molecule has 108 valence electrons. The highest BCUT2D eigenvalue weighted by Crippen LogP contribution is 2.42. The van der Waals surface area contributed by atoms with Crippen LogP contribution in [0.25, 0.3) is 0 Å². The summed E-state index contributed by atoms with van der Waals surface area (Å²) in [6.07, 6.45) is 4.18. The largest absolute Gasteiger partial charge is 0.462 e. The number of carbonyl (C=O) groups excluding carboxylic acids is 1. The molecule has 0 spiro atoms. The van der Waals surface area contributed by atoms with E-state index in [4.69, 9.17) is 9.72 Å². The van der Waals surface area contributed by atoms with Gasteiger partial charge in [-0.1, -0.05) is 6.92 Å². The van der Waals surface area contributed by atoms with Crippen molar-refractivity contribution < 1.29 is 9.53 Å². The number of aryl methyl sites for hydroxylation is 1. The summed E-state index contributed by atoms with van der Waals surface area (Å²) in [5.41, 5.74) is 3.97. The smallest absolute Gasteiger partial charge is 0.339 e. The molecule has 0 aromatic carbocycles. The maximum atomic E-state index is 12.1. The number of rotatable bonds is 3. The molecule has 2 aliphatic rings. The molecule has 1 saturated heterocycles. The van der Waals surface area contributed by atoms with Crippen LogP contribution in [-0.4, -0.2) is 35.5 Å². The Kier molecular flexibility index (Phi) is 3.50. The van der Waals surface area contributed by atoms with E-state index in [-0.39, 0.29) is 5.97 Å². The van der Waals surface area contributed by atoms with Crippen LogP contribution >= 0.6 is 0 Å². The van der Waals surface area contributed by atoms with Gasteiger partial charge >= 0.3 is 5.97 Å². The molecule has 3 heterocycles. The van der Waals surface area contributed by atoms with Crippen molar-refractivity contribution in [3.8, 4) is 0 Å². The number of aromatic nitrogens is 1. The van der Waals surface area contributed by atoms with Gasteiger partial charge in [-0.2, -0.15) is 0 Å². The van der Waals surface area contributed by atoms with E-state index < -0.39 is 0 Å². The van der Waals surface area contributed by atoms with Crippen LogP contribution < -0.4 is 0 Å². The molecular weight excluding hydrogens is 252 g/mol.